The molecule has 28 heavy (non-hydrogen) atoms. The van der Waals surface area contributed by atoms with Crippen LogP contribution in [0.2, 0.25) is 0 Å². The van der Waals surface area contributed by atoms with Gasteiger partial charge in [-0.05, 0) is 35.8 Å². The van der Waals surface area contributed by atoms with E-state index in [1.807, 2.05) is 6.92 Å². The van der Waals surface area contributed by atoms with Gasteiger partial charge < -0.3 is 10.5 Å². The van der Waals surface area contributed by atoms with Gasteiger partial charge in [-0.25, -0.2) is 23.1 Å². The van der Waals surface area contributed by atoms with Gasteiger partial charge >= 0.3 is 0 Å². The lowest BCUT2D eigenvalue weighted by Crippen LogP contribution is -2.13. The minimum absolute atomic E-state index is 0.00464. The molecule has 0 saturated carbocycles. The van der Waals surface area contributed by atoms with Crippen LogP contribution in [-0.4, -0.2) is 40.7 Å². The van der Waals surface area contributed by atoms with Gasteiger partial charge in [0.05, 0.1) is 12.4 Å². The number of thioether (sulfide) groups is 1. The lowest BCUT2D eigenvalue weighted by Gasteiger charge is -2.12. The molecule has 0 spiro atoms. The maximum absolute atomic E-state index is 14.4. The van der Waals surface area contributed by atoms with Gasteiger partial charge in [0.2, 0.25) is 5.88 Å². The van der Waals surface area contributed by atoms with E-state index in [1.54, 1.807) is 13.1 Å². The number of benzene rings is 1. The smallest absolute Gasteiger partial charge is 0.232 e. The SMILES string of the molecule is CN=C(N)SC(C)Cc1cc(/C=C(\F)c2cnc(OCCF)cn2)ccc1F. The van der Waals surface area contributed by atoms with Crippen LogP contribution < -0.4 is 10.5 Å². The van der Waals surface area contributed by atoms with Gasteiger partial charge in [-0.3, -0.25) is 4.99 Å². The van der Waals surface area contributed by atoms with E-state index in [0.717, 1.165) is 0 Å². The Morgan fingerprint density at radius 1 is 1.36 bits per heavy atom. The van der Waals surface area contributed by atoms with Crippen molar-refractivity contribution in [1.29, 1.82) is 0 Å². The molecular formula is C19H21F3N4OS. The summed E-state index contributed by atoms with van der Waals surface area (Å²) in [6.45, 7) is 1.12. The summed E-state index contributed by atoms with van der Waals surface area (Å²) in [5, 5.41) is 0.428. The van der Waals surface area contributed by atoms with E-state index in [-0.39, 0.29) is 29.2 Å². The van der Waals surface area contributed by atoms with Crippen LogP contribution in [0.4, 0.5) is 13.2 Å². The van der Waals surface area contributed by atoms with E-state index < -0.39 is 12.5 Å². The number of aromatic nitrogens is 2. The molecule has 1 aromatic carbocycles. The third kappa shape index (κ3) is 6.56. The number of nitrogens with two attached hydrogens (primary N) is 1. The van der Waals surface area contributed by atoms with E-state index in [9.17, 15) is 13.2 Å². The summed E-state index contributed by atoms with van der Waals surface area (Å²) in [4.78, 5) is 11.6. The van der Waals surface area contributed by atoms with E-state index in [1.165, 1.54) is 42.4 Å². The first kappa shape index (κ1) is 21.7. The molecule has 0 aliphatic heterocycles. The maximum Gasteiger partial charge on any atom is 0.232 e. The highest BCUT2D eigenvalue weighted by Gasteiger charge is 2.12. The Bertz CT molecular complexity index is 844. The summed E-state index contributed by atoms with van der Waals surface area (Å²) in [5.41, 5.74) is 6.62. The van der Waals surface area contributed by atoms with Crippen molar-refractivity contribution in [2.45, 2.75) is 18.6 Å². The second-order valence-electron chi connectivity index (χ2n) is 5.81. The minimum Gasteiger partial charge on any atom is -0.474 e. The highest BCUT2D eigenvalue weighted by molar-refractivity contribution is 8.14. The Hall–Kier alpha value is -2.55. The summed E-state index contributed by atoms with van der Waals surface area (Å²) in [7, 11) is 1.59. The summed E-state index contributed by atoms with van der Waals surface area (Å²) in [5.74, 6) is -0.891. The second-order valence-corrected chi connectivity index (χ2v) is 7.27. The Kier molecular flexibility index (Phi) is 8.31. The third-order valence-corrected chi connectivity index (χ3v) is 4.61. The number of aliphatic imine (C=N–C) groups is 1. The lowest BCUT2D eigenvalue weighted by molar-refractivity contribution is 0.263. The lowest BCUT2D eigenvalue weighted by atomic mass is 10.1. The van der Waals surface area contributed by atoms with Crippen molar-refractivity contribution in [3.8, 4) is 5.88 Å². The molecule has 0 saturated heterocycles. The zero-order valence-electron chi connectivity index (χ0n) is 15.5. The van der Waals surface area contributed by atoms with Crippen LogP contribution >= 0.6 is 11.8 Å². The summed E-state index contributed by atoms with van der Waals surface area (Å²) < 4.78 is 45.6. The number of alkyl halides is 1. The van der Waals surface area contributed by atoms with Crippen molar-refractivity contribution in [3.05, 3.63) is 53.2 Å². The average molecular weight is 410 g/mol. The molecule has 1 aromatic heterocycles. The molecule has 2 rings (SSSR count). The molecule has 9 heteroatoms. The molecule has 1 atom stereocenters. The Morgan fingerprint density at radius 3 is 2.79 bits per heavy atom. The predicted molar refractivity (Wildman–Crippen MR) is 107 cm³/mol. The van der Waals surface area contributed by atoms with Crippen LogP contribution in [0.15, 0.2) is 35.6 Å². The first-order chi connectivity index (χ1) is 13.4. The van der Waals surface area contributed by atoms with Crippen molar-refractivity contribution in [3.63, 3.8) is 0 Å². The largest absolute Gasteiger partial charge is 0.474 e. The average Bonchev–Trinajstić information content (AvgIpc) is 2.69. The first-order valence-electron chi connectivity index (χ1n) is 8.48. The van der Waals surface area contributed by atoms with Gasteiger partial charge in [-0.1, -0.05) is 24.8 Å². The van der Waals surface area contributed by atoms with Crippen molar-refractivity contribution >= 4 is 28.8 Å². The van der Waals surface area contributed by atoms with Gasteiger partial charge in [0.1, 0.15) is 24.8 Å². The minimum atomic E-state index is -0.653. The molecule has 1 unspecified atom stereocenters. The topological polar surface area (TPSA) is 73.4 Å². The molecule has 1 heterocycles. The molecule has 2 N–H and O–H groups in total. The van der Waals surface area contributed by atoms with Crippen molar-refractivity contribution in [1.82, 2.24) is 9.97 Å². The summed E-state index contributed by atoms with van der Waals surface area (Å²) in [6, 6.07) is 4.35. The van der Waals surface area contributed by atoms with Crippen molar-refractivity contribution in [2.75, 3.05) is 20.3 Å². The Labute approximate surface area is 165 Å². The zero-order valence-corrected chi connectivity index (χ0v) is 16.3. The van der Waals surface area contributed by atoms with Gasteiger partial charge in [-0.15, -0.1) is 0 Å². The zero-order chi connectivity index (χ0) is 20.5. The van der Waals surface area contributed by atoms with Crippen LogP contribution in [0.3, 0.4) is 0 Å². The standard InChI is InChI=1S/C19H21F3N4OS/c1-12(28-19(23)24-2)7-14-8-13(3-4-15(14)21)9-16(22)17-10-26-18(11-25-17)27-6-5-20/h3-4,8-12H,5-7H2,1-2H3,(H2,23,24)/b16-9-. The molecule has 0 fully saturated rings. The van der Waals surface area contributed by atoms with Gasteiger partial charge in [-0.2, -0.15) is 0 Å². The first-order valence-corrected chi connectivity index (χ1v) is 9.36. The number of halogens is 3. The van der Waals surface area contributed by atoms with Crippen LogP contribution in [0, 0.1) is 5.82 Å². The number of ether oxygens (including phenoxy) is 1. The van der Waals surface area contributed by atoms with E-state index in [4.69, 9.17) is 10.5 Å². The molecular weight excluding hydrogens is 389 g/mol. The van der Waals surface area contributed by atoms with E-state index in [0.29, 0.717) is 22.7 Å². The van der Waals surface area contributed by atoms with Gasteiger partial charge in [0, 0.05) is 12.3 Å². The molecule has 150 valence electrons. The van der Waals surface area contributed by atoms with Crippen LogP contribution in [0.5, 0.6) is 5.88 Å². The highest BCUT2D eigenvalue weighted by Crippen LogP contribution is 2.23. The van der Waals surface area contributed by atoms with Crippen LogP contribution in [0.25, 0.3) is 11.9 Å². The summed E-state index contributed by atoms with van der Waals surface area (Å²) in [6.07, 6.45) is 4.06. The second kappa shape index (κ2) is 10.7. The molecule has 2 aromatic rings. The number of amidine groups is 1. The normalized spacial score (nSPS) is 13.5. The monoisotopic (exact) mass is 410 g/mol. The van der Waals surface area contributed by atoms with Crippen LogP contribution in [0.1, 0.15) is 23.7 Å². The number of nitrogens with zero attached hydrogens (tertiary/aromatic N) is 3. The quantitative estimate of drug-likeness (QED) is 0.525. The number of rotatable bonds is 8. The number of hydrogen-bond acceptors (Lipinski definition) is 5. The fourth-order valence-electron chi connectivity index (χ4n) is 2.33. The molecule has 5 nitrogen and oxygen atoms in total. The van der Waals surface area contributed by atoms with Gasteiger partial charge in [0.15, 0.2) is 11.0 Å². The highest BCUT2D eigenvalue weighted by atomic mass is 32.2. The van der Waals surface area contributed by atoms with Crippen LogP contribution in [-0.2, 0) is 6.42 Å². The molecule has 0 aliphatic carbocycles. The predicted octanol–water partition coefficient (Wildman–Crippen LogP) is 4.04. The Morgan fingerprint density at radius 2 is 2.14 bits per heavy atom. The Balaban J connectivity index is 2.14. The van der Waals surface area contributed by atoms with Gasteiger partial charge in [0.25, 0.3) is 0 Å². The molecule has 0 radical (unpaired) electrons. The number of hydrogen-bond donors (Lipinski definition) is 1. The molecule has 0 amide bonds. The maximum atomic E-state index is 14.4. The third-order valence-electron chi connectivity index (χ3n) is 3.61. The summed E-state index contributed by atoms with van der Waals surface area (Å²) >= 11 is 1.34. The van der Waals surface area contributed by atoms with E-state index >= 15 is 0 Å². The molecule has 0 bridgehead atoms. The fourth-order valence-corrected chi connectivity index (χ4v) is 3.11. The van der Waals surface area contributed by atoms with Crippen molar-refractivity contribution < 1.29 is 17.9 Å². The molecule has 0 aliphatic rings. The van der Waals surface area contributed by atoms with Crippen molar-refractivity contribution in [2.24, 2.45) is 10.7 Å². The van der Waals surface area contributed by atoms with E-state index in [2.05, 4.69) is 15.0 Å². The fraction of sp³-hybridized carbons (Fsp3) is 0.316.